The maximum atomic E-state index is 11.7. The number of carbonyl (C=O) groups is 1. The second kappa shape index (κ2) is 5.46. The van der Waals surface area contributed by atoms with Gasteiger partial charge in [0.05, 0.1) is 5.92 Å². The van der Waals surface area contributed by atoms with Gasteiger partial charge in [-0.25, -0.2) is 0 Å². The lowest BCUT2D eigenvalue weighted by Gasteiger charge is -2.22. The van der Waals surface area contributed by atoms with Crippen molar-refractivity contribution in [1.29, 1.82) is 0 Å². The lowest BCUT2D eigenvalue weighted by atomic mass is 10.2. The summed E-state index contributed by atoms with van der Waals surface area (Å²) >= 11 is 0. The third-order valence-electron chi connectivity index (χ3n) is 2.38. The zero-order chi connectivity index (χ0) is 10.6. The van der Waals surface area contributed by atoms with Crippen LogP contribution in [0.3, 0.4) is 0 Å². The van der Waals surface area contributed by atoms with E-state index in [0.717, 1.165) is 12.8 Å². The van der Waals surface area contributed by atoms with Crippen LogP contribution < -0.4 is 0 Å². The van der Waals surface area contributed by atoms with Gasteiger partial charge in [0.15, 0.2) is 0 Å². The van der Waals surface area contributed by atoms with Crippen LogP contribution in [0.2, 0.25) is 0 Å². The predicted molar refractivity (Wildman–Crippen MR) is 53.7 cm³/mol. The Morgan fingerprint density at radius 3 is 2.64 bits per heavy atom. The number of rotatable bonds is 4. The molecule has 1 heterocycles. The molecule has 0 aromatic rings. The van der Waals surface area contributed by atoms with Crippen LogP contribution in [0, 0.1) is 5.92 Å². The molecule has 14 heavy (non-hydrogen) atoms. The van der Waals surface area contributed by atoms with Crippen molar-refractivity contribution in [2.24, 2.45) is 5.92 Å². The number of hydrogen-bond donors (Lipinski definition) is 1. The van der Waals surface area contributed by atoms with E-state index in [1.807, 2.05) is 0 Å². The maximum Gasteiger partial charge on any atom is 0.307 e. The summed E-state index contributed by atoms with van der Waals surface area (Å²) in [7, 11) is -1.02. The van der Waals surface area contributed by atoms with Crippen molar-refractivity contribution in [2.45, 2.75) is 25.0 Å². The topological polar surface area (TPSA) is 63.6 Å². The van der Waals surface area contributed by atoms with Crippen LogP contribution in [0.15, 0.2) is 0 Å². The molecule has 0 bridgehead atoms. The second-order valence-corrected chi connectivity index (χ2v) is 5.36. The van der Waals surface area contributed by atoms with Crippen molar-refractivity contribution in [3.8, 4) is 0 Å². The highest BCUT2D eigenvalue weighted by atomic mass is 32.2. The molecular formula is C9H16O4S. The van der Waals surface area contributed by atoms with E-state index in [9.17, 15) is 9.00 Å². The van der Waals surface area contributed by atoms with Crippen molar-refractivity contribution < 1.29 is 18.8 Å². The SMILES string of the molecule is CC(CS(=O)C1CCOCC1)C(=O)O. The third kappa shape index (κ3) is 3.38. The first-order chi connectivity index (χ1) is 6.61. The summed E-state index contributed by atoms with van der Waals surface area (Å²) < 4.78 is 16.9. The van der Waals surface area contributed by atoms with Crippen LogP contribution in [-0.2, 0) is 20.3 Å². The van der Waals surface area contributed by atoms with E-state index in [1.165, 1.54) is 0 Å². The highest BCUT2D eigenvalue weighted by Gasteiger charge is 2.23. The van der Waals surface area contributed by atoms with Crippen LogP contribution in [-0.4, -0.2) is 39.5 Å². The molecule has 82 valence electrons. The van der Waals surface area contributed by atoms with Gasteiger partial charge in [-0.05, 0) is 12.8 Å². The van der Waals surface area contributed by atoms with Crippen molar-refractivity contribution in [1.82, 2.24) is 0 Å². The number of carboxylic acids is 1. The summed E-state index contributed by atoms with van der Waals surface area (Å²) in [5.41, 5.74) is 0. The van der Waals surface area contributed by atoms with Crippen molar-refractivity contribution in [3.63, 3.8) is 0 Å². The molecule has 0 aromatic heterocycles. The van der Waals surface area contributed by atoms with Crippen LogP contribution in [0.5, 0.6) is 0 Å². The average Bonchev–Trinajstić information content (AvgIpc) is 2.19. The van der Waals surface area contributed by atoms with Gasteiger partial charge in [-0.3, -0.25) is 9.00 Å². The lowest BCUT2D eigenvalue weighted by Crippen LogP contribution is -2.29. The molecule has 1 rings (SSSR count). The molecule has 1 saturated heterocycles. The van der Waals surface area contributed by atoms with Crippen LogP contribution in [0.4, 0.5) is 0 Å². The summed E-state index contributed by atoms with van der Waals surface area (Å²) in [5, 5.41) is 8.80. The minimum Gasteiger partial charge on any atom is -0.481 e. The van der Waals surface area contributed by atoms with Gasteiger partial charge in [0.2, 0.25) is 0 Å². The molecule has 0 saturated carbocycles. The van der Waals surface area contributed by atoms with Crippen molar-refractivity contribution in [2.75, 3.05) is 19.0 Å². The van der Waals surface area contributed by atoms with Gasteiger partial charge in [-0.1, -0.05) is 6.92 Å². The summed E-state index contributed by atoms with van der Waals surface area (Å²) in [6.45, 7) is 2.90. The minimum absolute atomic E-state index is 0.130. The Hall–Kier alpha value is -0.420. The average molecular weight is 220 g/mol. The molecule has 0 amide bonds. The fourth-order valence-corrected chi connectivity index (χ4v) is 3.02. The molecule has 1 N–H and O–H groups in total. The van der Waals surface area contributed by atoms with Gasteiger partial charge in [0, 0.05) is 35.0 Å². The Morgan fingerprint density at radius 2 is 2.14 bits per heavy atom. The summed E-state index contributed by atoms with van der Waals surface area (Å²) in [6.07, 6.45) is 1.58. The van der Waals surface area contributed by atoms with Gasteiger partial charge >= 0.3 is 5.97 Å². The van der Waals surface area contributed by atoms with E-state index in [2.05, 4.69) is 0 Å². The van der Waals surface area contributed by atoms with Crippen LogP contribution >= 0.6 is 0 Å². The van der Waals surface area contributed by atoms with E-state index >= 15 is 0 Å². The zero-order valence-electron chi connectivity index (χ0n) is 8.27. The number of ether oxygens (including phenoxy) is 1. The van der Waals surface area contributed by atoms with Crippen molar-refractivity contribution in [3.05, 3.63) is 0 Å². The zero-order valence-corrected chi connectivity index (χ0v) is 9.09. The Labute approximate surface area is 86.1 Å². The van der Waals surface area contributed by atoms with Gasteiger partial charge in [-0.2, -0.15) is 0 Å². The van der Waals surface area contributed by atoms with Crippen LogP contribution in [0.1, 0.15) is 19.8 Å². The summed E-state index contributed by atoms with van der Waals surface area (Å²) in [4.78, 5) is 10.6. The molecule has 1 fully saturated rings. The molecule has 0 aliphatic carbocycles. The number of hydrogen-bond acceptors (Lipinski definition) is 3. The van der Waals surface area contributed by atoms with Gasteiger partial charge in [0.25, 0.3) is 0 Å². The maximum absolute atomic E-state index is 11.7. The molecule has 0 aromatic carbocycles. The quantitative estimate of drug-likeness (QED) is 0.755. The van der Waals surface area contributed by atoms with Gasteiger partial charge in [-0.15, -0.1) is 0 Å². The number of aliphatic carboxylic acids is 1. The fraction of sp³-hybridized carbons (Fsp3) is 0.889. The molecule has 0 spiro atoms. The molecule has 5 heteroatoms. The fourth-order valence-electron chi connectivity index (χ4n) is 1.39. The Morgan fingerprint density at radius 1 is 1.57 bits per heavy atom. The number of carboxylic acid groups (broad SMARTS) is 1. The van der Waals surface area contributed by atoms with Crippen LogP contribution in [0.25, 0.3) is 0 Å². The monoisotopic (exact) mass is 220 g/mol. The molecular weight excluding hydrogens is 204 g/mol. The van der Waals surface area contributed by atoms with E-state index in [0.29, 0.717) is 13.2 Å². The summed E-state index contributed by atoms with van der Waals surface area (Å²) in [5.74, 6) is -1.12. The molecule has 0 radical (unpaired) electrons. The minimum atomic E-state index is -1.02. The van der Waals surface area contributed by atoms with E-state index in [4.69, 9.17) is 9.84 Å². The third-order valence-corrected chi connectivity index (χ3v) is 4.42. The van der Waals surface area contributed by atoms with Gasteiger partial charge in [0.1, 0.15) is 0 Å². The summed E-state index contributed by atoms with van der Waals surface area (Å²) in [6, 6.07) is 0. The molecule has 4 nitrogen and oxygen atoms in total. The molecule has 2 unspecified atom stereocenters. The van der Waals surface area contributed by atoms with Crippen molar-refractivity contribution >= 4 is 16.8 Å². The first-order valence-corrected chi connectivity index (χ1v) is 6.17. The van der Waals surface area contributed by atoms with E-state index in [-0.39, 0.29) is 11.0 Å². The highest BCUT2D eigenvalue weighted by Crippen LogP contribution is 2.15. The standard InChI is InChI=1S/C9H16O4S/c1-7(9(10)11)6-14(12)8-2-4-13-5-3-8/h7-8H,2-6H2,1H3,(H,10,11). The Kier molecular flexibility index (Phi) is 4.54. The largest absolute Gasteiger partial charge is 0.481 e. The van der Waals surface area contributed by atoms with E-state index < -0.39 is 22.7 Å². The Bertz CT molecular complexity index is 223. The first-order valence-electron chi connectivity index (χ1n) is 4.79. The lowest BCUT2D eigenvalue weighted by molar-refractivity contribution is -0.140. The second-order valence-electron chi connectivity index (χ2n) is 3.60. The molecule has 1 aliphatic heterocycles. The van der Waals surface area contributed by atoms with Gasteiger partial charge < -0.3 is 9.84 Å². The Balaban J connectivity index is 2.36. The highest BCUT2D eigenvalue weighted by molar-refractivity contribution is 7.85. The predicted octanol–water partition coefficient (Wildman–Crippen LogP) is 0.635. The normalized spacial score (nSPS) is 22.9. The molecule has 1 aliphatic rings. The molecule has 2 atom stereocenters. The van der Waals surface area contributed by atoms with E-state index in [1.54, 1.807) is 6.92 Å². The smallest absolute Gasteiger partial charge is 0.307 e. The first kappa shape index (κ1) is 11.7.